The third-order valence-electron chi connectivity index (χ3n) is 4.82. The van der Waals surface area contributed by atoms with Gasteiger partial charge < -0.3 is 9.64 Å². The molecule has 21 heavy (non-hydrogen) atoms. The molecule has 3 rings (SSSR count). The second kappa shape index (κ2) is 6.41. The summed E-state index contributed by atoms with van der Waals surface area (Å²) in [5.41, 5.74) is 4.43. The molecule has 114 valence electrons. The number of benzene rings is 1. The lowest BCUT2D eigenvalue weighted by Crippen LogP contribution is -2.25. The summed E-state index contributed by atoms with van der Waals surface area (Å²) in [5.74, 6) is 1.31. The van der Waals surface area contributed by atoms with E-state index in [2.05, 4.69) is 30.2 Å². The third kappa shape index (κ3) is 3.12. The van der Waals surface area contributed by atoms with Gasteiger partial charge in [0, 0.05) is 19.0 Å². The molecule has 0 N–H and O–H groups in total. The number of hydrogen-bond acceptors (Lipinski definition) is 2. The Bertz CT molecular complexity index is 552. The highest BCUT2D eigenvalue weighted by atomic mass is 35.5. The van der Waals surface area contributed by atoms with Crippen LogP contribution >= 0.6 is 11.6 Å². The Labute approximate surface area is 132 Å². The summed E-state index contributed by atoms with van der Waals surface area (Å²) in [6, 6.07) is 4.29. The van der Waals surface area contributed by atoms with Gasteiger partial charge in [-0.1, -0.05) is 23.3 Å². The largest absolute Gasteiger partial charge is 0.495 e. The highest BCUT2D eigenvalue weighted by Crippen LogP contribution is 2.39. The van der Waals surface area contributed by atoms with Crippen LogP contribution in [0.4, 0.5) is 0 Å². The average Bonchev–Trinajstić information content (AvgIpc) is 2.67. The lowest BCUT2D eigenvalue weighted by atomic mass is 9.82. The first-order valence-electron chi connectivity index (χ1n) is 7.93. The molecular weight excluding hydrogens is 282 g/mol. The minimum Gasteiger partial charge on any atom is -0.495 e. The number of likely N-dealkylation sites (N-methyl/N-ethyl adjacent to an activating group) is 1. The van der Waals surface area contributed by atoms with Crippen LogP contribution in [-0.4, -0.2) is 32.1 Å². The molecule has 1 atom stereocenters. The lowest BCUT2D eigenvalue weighted by molar-refractivity contribution is 0.333. The second-order valence-corrected chi connectivity index (χ2v) is 6.68. The number of fused-ring (bicyclic) bond motifs is 1. The molecule has 0 aromatic heterocycles. The maximum Gasteiger partial charge on any atom is 0.137 e. The zero-order valence-electron chi connectivity index (χ0n) is 13.0. The van der Waals surface area contributed by atoms with Crippen molar-refractivity contribution in [3.05, 3.63) is 39.9 Å². The molecule has 2 aliphatic rings. The van der Waals surface area contributed by atoms with Gasteiger partial charge in [0.05, 0.1) is 12.1 Å². The van der Waals surface area contributed by atoms with Crippen LogP contribution in [-0.2, 0) is 6.42 Å². The highest BCUT2D eigenvalue weighted by Gasteiger charge is 2.26. The smallest absolute Gasteiger partial charge is 0.137 e. The van der Waals surface area contributed by atoms with Crippen LogP contribution in [0.15, 0.2) is 23.8 Å². The van der Waals surface area contributed by atoms with Crippen molar-refractivity contribution in [1.29, 1.82) is 0 Å². The van der Waals surface area contributed by atoms with E-state index < -0.39 is 0 Å². The van der Waals surface area contributed by atoms with E-state index in [1.54, 1.807) is 12.7 Å². The molecule has 1 aliphatic heterocycles. The molecule has 0 fully saturated rings. The topological polar surface area (TPSA) is 12.5 Å². The van der Waals surface area contributed by atoms with Crippen LogP contribution in [0, 0.1) is 0 Å². The van der Waals surface area contributed by atoms with E-state index in [4.69, 9.17) is 16.3 Å². The molecule has 0 saturated heterocycles. The van der Waals surface area contributed by atoms with E-state index in [9.17, 15) is 0 Å². The highest BCUT2D eigenvalue weighted by molar-refractivity contribution is 6.32. The second-order valence-electron chi connectivity index (χ2n) is 6.28. The van der Waals surface area contributed by atoms with Crippen molar-refractivity contribution in [2.45, 2.75) is 38.0 Å². The van der Waals surface area contributed by atoms with Crippen LogP contribution in [0.2, 0.25) is 5.02 Å². The van der Waals surface area contributed by atoms with Gasteiger partial charge in [0.1, 0.15) is 5.75 Å². The summed E-state index contributed by atoms with van der Waals surface area (Å²) in [6.07, 6.45) is 8.67. The predicted molar refractivity (Wildman–Crippen MR) is 88.5 cm³/mol. The van der Waals surface area contributed by atoms with Gasteiger partial charge in [0.25, 0.3) is 0 Å². The van der Waals surface area contributed by atoms with Crippen LogP contribution in [0.5, 0.6) is 5.75 Å². The number of allylic oxidation sites excluding steroid dienone is 1. The van der Waals surface area contributed by atoms with E-state index in [1.165, 1.54) is 36.8 Å². The summed E-state index contributed by atoms with van der Waals surface area (Å²) in [7, 11) is 3.92. The molecule has 1 heterocycles. The van der Waals surface area contributed by atoms with Crippen molar-refractivity contribution in [2.75, 3.05) is 27.2 Å². The number of halogens is 1. The SMILES string of the molecule is COc1cc2c(cc1Cl)CCN(C)C[C@@H]2C1=CCCCC1. The Morgan fingerprint density at radius 3 is 2.81 bits per heavy atom. The molecule has 0 bridgehead atoms. The molecule has 1 aromatic rings. The first kappa shape index (κ1) is 14.9. The molecule has 3 heteroatoms. The van der Waals surface area contributed by atoms with Gasteiger partial charge >= 0.3 is 0 Å². The van der Waals surface area contributed by atoms with Crippen molar-refractivity contribution >= 4 is 11.6 Å². The minimum absolute atomic E-state index is 0.499. The fourth-order valence-electron chi connectivity index (χ4n) is 3.62. The normalized spacial score (nSPS) is 23.2. The molecule has 0 spiro atoms. The first-order valence-corrected chi connectivity index (χ1v) is 8.30. The molecule has 0 radical (unpaired) electrons. The molecule has 2 nitrogen and oxygen atoms in total. The zero-order valence-corrected chi connectivity index (χ0v) is 13.7. The number of ether oxygens (including phenoxy) is 1. The summed E-state index contributed by atoms with van der Waals surface area (Å²) in [4.78, 5) is 2.44. The van der Waals surface area contributed by atoms with Gasteiger partial charge in [0.15, 0.2) is 0 Å². The molecule has 1 aliphatic carbocycles. The summed E-state index contributed by atoms with van der Waals surface area (Å²) < 4.78 is 5.45. The van der Waals surface area contributed by atoms with Crippen LogP contribution in [0.3, 0.4) is 0 Å². The maximum atomic E-state index is 6.33. The van der Waals surface area contributed by atoms with Gasteiger partial charge in [-0.2, -0.15) is 0 Å². The number of nitrogens with zero attached hydrogens (tertiary/aromatic N) is 1. The van der Waals surface area contributed by atoms with Crippen LogP contribution < -0.4 is 4.74 Å². The Morgan fingerprint density at radius 2 is 2.10 bits per heavy atom. The fraction of sp³-hybridized carbons (Fsp3) is 0.556. The summed E-state index contributed by atoms with van der Waals surface area (Å²) in [6.45, 7) is 2.20. The number of methoxy groups -OCH3 is 1. The van der Waals surface area contributed by atoms with Gasteiger partial charge in [-0.25, -0.2) is 0 Å². The molecule has 0 saturated carbocycles. The van der Waals surface area contributed by atoms with Crippen molar-refractivity contribution in [3.8, 4) is 5.75 Å². The maximum absolute atomic E-state index is 6.33. The zero-order chi connectivity index (χ0) is 14.8. The van der Waals surface area contributed by atoms with E-state index in [1.807, 2.05) is 0 Å². The molecule has 1 aromatic carbocycles. The summed E-state index contributed by atoms with van der Waals surface area (Å²) >= 11 is 6.33. The van der Waals surface area contributed by atoms with E-state index >= 15 is 0 Å². The Balaban J connectivity index is 2.05. The lowest BCUT2D eigenvalue weighted by Gasteiger charge is -2.27. The van der Waals surface area contributed by atoms with E-state index in [0.29, 0.717) is 5.92 Å². The van der Waals surface area contributed by atoms with Gasteiger partial charge in [-0.05, 0) is 62.4 Å². The predicted octanol–water partition coefficient (Wildman–Crippen LogP) is 4.42. The monoisotopic (exact) mass is 305 g/mol. The average molecular weight is 306 g/mol. The standard InChI is InChI=1S/C18H24ClNO/c1-20-9-8-14-10-17(19)18(21-2)11-15(14)16(12-20)13-6-4-3-5-7-13/h6,10-11,16H,3-5,7-9,12H2,1-2H3/t16-/m1/s1. The molecular formula is C18H24ClNO. The minimum atomic E-state index is 0.499. The van der Waals surface area contributed by atoms with Crippen molar-refractivity contribution in [2.24, 2.45) is 0 Å². The Hall–Kier alpha value is -0.990. The molecule has 0 amide bonds. The number of hydrogen-bond donors (Lipinski definition) is 0. The van der Waals surface area contributed by atoms with E-state index in [0.717, 1.165) is 30.3 Å². The first-order chi connectivity index (χ1) is 10.2. The van der Waals surface area contributed by atoms with Crippen molar-refractivity contribution < 1.29 is 4.74 Å². The van der Waals surface area contributed by atoms with Crippen LogP contribution in [0.25, 0.3) is 0 Å². The third-order valence-corrected chi connectivity index (χ3v) is 5.12. The fourth-order valence-corrected chi connectivity index (χ4v) is 3.88. The van der Waals surface area contributed by atoms with Gasteiger partial charge in [-0.3, -0.25) is 0 Å². The van der Waals surface area contributed by atoms with E-state index in [-0.39, 0.29) is 0 Å². The Morgan fingerprint density at radius 1 is 1.24 bits per heavy atom. The van der Waals surface area contributed by atoms with Gasteiger partial charge in [-0.15, -0.1) is 0 Å². The van der Waals surface area contributed by atoms with Crippen molar-refractivity contribution in [3.63, 3.8) is 0 Å². The van der Waals surface area contributed by atoms with Crippen LogP contribution in [0.1, 0.15) is 42.7 Å². The quantitative estimate of drug-likeness (QED) is 0.750. The summed E-state index contributed by atoms with van der Waals surface area (Å²) in [5, 5.41) is 0.733. The molecule has 0 unspecified atom stereocenters. The Kier molecular flexibility index (Phi) is 4.56. The van der Waals surface area contributed by atoms with Gasteiger partial charge in [0.2, 0.25) is 0 Å². The number of rotatable bonds is 2. The van der Waals surface area contributed by atoms with Crippen molar-refractivity contribution in [1.82, 2.24) is 4.90 Å².